The van der Waals surface area contributed by atoms with E-state index in [0.717, 1.165) is 61.6 Å². The summed E-state index contributed by atoms with van der Waals surface area (Å²) < 4.78 is 32.6. The van der Waals surface area contributed by atoms with Gasteiger partial charge in [-0.15, -0.1) is 0 Å². The molecular formula is C31H29FN8O4. The molecule has 0 amide bonds. The first-order valence-corrected chi connectivity index (χ1v) is 14.6. The van der Waals surface area contributed by atoms with Crippen LogP contribution in [0, 0.1) is 17.1 Å². The standard InChI is InChI=1S/C31H29FN8O4/c32-24-12-19(14-33)4-5-21(24)18-43-28-3-1-2-25(36-28)20-6-9-39(10-7-20)17-27-35-26-13-22(29-37-31(41)44-38-29)15-34-30(26)40(27)16-23-8-11-42-23/h1-5,12-13,15,20,23H,6-11,16-18H2,(H,37,38,41)/t23-/m0/s1. The van der Waals surface area contributed by atoms with Crippen molar-refractivity contribution in [1.29, 1.82) is 5.26 Å². The highest BCUT2D eigenvalue weighted by atomic mass is 19.1. The lowest BCUT2D eigenvalue weighted by molar-refractivity contribution is -0.0593. The summed E-state index contributed by atoms with van der Waals surface area (Å²) in [6.07, 6.45) is 4.65. The maximum Gasteiger partial charge on any atom is 0.439 e. The van der Waals surface area contributed by atoms with Gasteiger partial charge in [-0.05, 0) is 56.6 Å². The lowest BCUT2D eigenvalue weighted by atomic mass is 9.93. The molecule has 0 spiro atoms. The van der Waals surface area contributed by atoms with Crippen LogP contribution in [0.5, 0.6) is 5.88 Å². The van der Waals surface area contributed by atoms with Gasteiger partial charge < -0.3 is 14.0 Å². The number of hydrogen-bond acceptors (Lipinski definition) is 10. The van der Waals surface area contributed by atoms with Crippen LogP contribution in [0.1, 0.15) is 47.8 Å². The molecule has 0 bridgehead atoms. The highest BCUT2D eigenvalue weighted by molar-refractivity contribution is 5.76. The molecule has 2 aliphatic rings. The molecule has 2 aliphatic heterocycles. The van der Waals surface area contributed by atoms with E-state index in [4.69, 9.17) is 24.7 Å². The second-order valence-corrected chi connectivity index (χ2v) is 11.1. The van der Waals surface area contributed by atoms with Gasteiger partial charge in [0.1, 0.15) is 23.8 Å². The molecule has 0 unspecified atom stereocenters. The summed E-state index contributed by atoms with van der Waals surface area (Å²) in [6, 6.07) is 13.8. The highest BCUT2D eigenvalue weighted by Crippen LogP contribution is 2.30. The molecule has 0 saturated carbocycles. The number of pyridine rings is 2. The van der Waals surface area contributed by atoms with Crippen LogP contribution < -0.4 is 10.5 Å². The predicted octanol–water partition coefficient (Wildman–Crippen LogP) is 3.93. The van der Waals surface area contributed by atoms with E-state index in [1.165, 1.54) is 6.07 Å². The first kappa shape index (κ1) is 27.9. The fourth-order valence-electron chi connectivity index (χ4n) is 5.70. The van der Waals surface area contributed by atoms with Crippen molar-refractivity contribution in [3.63, 3.8) is 0 Å². The molecule has 1 atom stereocenters. The largest absolute Gasteiger partial charge is 0.473 e. The summed E-state index contributed by atoms with van der Waals surface area (Å²) in [5.74, 6) is 0.860. The first-order valence-electron chi connectivity index (χ1n) is 14.6. The summed E-state index contributed by atoms with van der Waals surface area (Å²) in [4.78, 5) is 30.7. The first-order chi connectivity index (χ1) is 21.5. The second-order valence-electron chi connectivity index (χ2n) is 11.1. The number of aromatic nitrogens is 6. The maximum atomic E-state index is 14.3. The van der Waals surface area contributed by atoms with E-state index in [-0.39, 0.29) is 24.2 Å². The molecule has 13 heteroatoms. The number of ether oxygens (including phenoxy) is 2. The number of rotatable bonds is 9. The van der Waals surface area contributed by atoms with Gasteiger partial charge in [-0.2, -0.15) is 5.26 Å². The Kier molecular flexibility index (Phi) is 7.59. The molecule has 2 saturated heterocycles. The van der Waals surface area contributed by atoms with Crippen molar-refractivity contribution in [2.45, 2.75) is 51.0 Å². The van der Waals surface area contributed by atoms with Gasteiger partial charge in [-0.3, -0.25) is 14.4 Å². The normalized spacial score (nSPS) is 17.4. The number of nitrogens with zero attached hydrogens (tertiary/aromatic N) is 7. The Morgan fingerprint density at radius 3 is 2.73 bits per heavy atom. The van der Waals surface area contributed by atoms with Crippen LogP contribution in [0.2, 0.25) is 0 Å². The zero-order valence-electron chi connectivity index (χ0n) is 23.8. The molecule has 0 aliphatic carbocycles. The molecule has 1 aromatic carbocycles. The SMILES string of the molecule is N#Cc1ccc(COc2cccc(C3CCN(Cc4nc5cc(-c6noc(=O)[nH]6)cnc5n4C[C@@H]4CCO4)CC3)n2)c(F)c1. The van der Waals surface area contributed by atoms with Crippen LogP contribution in [-0.2, 0) is 24.4 Å². The molecule has 44 heavy (non-hydrogen) atoms. The zero-order chi connectivity index (χ0) is 30.0. The van der Waals surface area contributed by atoms with E-state index in [0.29, 0.717) is 35.9 Å². The van der Waals surface area contributed by atoms with Gasteiger partial charge in [0.25, 0.3) is 0 Å². The third-order valence-electron chi connectivity index (χ3n) is 8.23. The van der Waals surface area contributed by atoms with E-state index in [2.05, 4.69) is 29.1 Å². The van der Waals surface area contributed by atoms with Crippen LogP contribution >= 0.6 is 0 Å². The number of imidazole rings is 1. The smallest absolute Gasteiger partial charge is 0.439 e. The Morgan fingerprint density at radius 2 is 2.00 bits per heavy atom. The Labute approximate surface area is 251 Å². The zero-order valence-corrected chi connectivity index (χ0v) is 23.8. The fraction of sp³-hybridized carbons (Fsp3) is 0.355. The summed E-state index contributed by atoms with van der Waals surface area (Å²) in [5, 5.41) is 12.7. The molecule has 2 fully saturated rings. The Bertz CT molecular complexity index is 1900. The highest BCUT2D eigenvalue weighted by Gasteiger charge is 2.26. The predicted molar refractivity (Wildman–Crippen MR) is 155 cm³/mol. The lowest BCUT2D eigenvalue weighted by Crippen LogP contribution is -2.35. The summed E-state index contributed by atoms with van der Waals surface area (Å²) in [6.45, 7) is 3.89. The molecule has 5 aromatic rings. The van der Waals surface area contributed by atoms with Crippen molar-refractivity contribution in [3.8, 4) is 23.3 Å². The molecule has 1 N–H and O–H groups in total. The minimum absolute atomic E-state index is 0.0339. The Hall–Kier alpha value is -4.93. The van der Waals surface area contributed by atoms with Gasteiger partial charge in [-0.1, -0.05) is 17.3 Å². The van der Waals surface area contributed by atoms with Crippen LogP contribution in [0.3, 0.4) is 0 Å². The van der Waals surface area contributed by atoms with Gasteiger partial charge in [0.05, 0.1) is 30.8 Å². The number of halogens is 1. The number of H-pyrrole nitrogens is 1. The van der Waals surface area contributed by atoms with Crippen molar-refractivity contribution in [2.24, 2.45) is 0 Å². The molecule has 224 valence electrons. The fourth-order valence-corrected chi connectivity index (χ4v) is 5.70. The molecule has 4 aromatic heterocycles. The third-order valence-corrected chi connectivity index (χ3v) is 8.23. The lowest BCUT2D eigenvalue weighted by Gasteiger charge is -2.32. The van der Waals surface area contributed by atoms with Gasteiger partial charge >= 0.3 is 5.76 Å². The number of fused-ring (bicyclic) bond motifs is 1. The number of likely N-dealkylation sites (tertiary alicyclic amines) is 1. The third kappa shape index (κ3) is 5.82. The van der Waals surface area contributed by atoms with E-state index in [1.54, 1.807) is 24.4 Å². The molecule has 12 nitrogen and oxygen atoms in total. The maximum absolute atomic E-state index is 14.3. The quantitative estimate of drug-likeness (QED) is 0.265. The molecular weight excluding hydrogens is 567 g/mol. The molecule has 6 heterocycles. The number of piperidine rings is 1. The number of nitriles is 1. The van der Waals surface area contributed by atoms with Crippen LogP contribution in [0.25, 0.3) is 22.6 Å². The molecule has 0 radical (unpaired) electrons. The summed E-state index contributed by atoms with van der Waals surface area (Å²) >= 11 is 0. The second kappa shape index (κ2) is 12.0. The van der Waals surface area contributed by atoms with Crippen molar-refractivity contribution >= 4 is 11.2 Å². The minimum Gasteiger partial charge on any atom is -0.473 e. The summed E-state index contributed by atoms with van der Waals surface area (Å²) in [5.41, 5.74) is 3.72. The van der Waals surface area contributed by atoms with Gasteiger partial charge in [0.15, 0.2) is 11.5 Å². The minimum atomic E-state index is -0.621. The van der Waals surface area contributed by atoms with E-state index < -0.39 is 11.6 Å². The van der Waals surface area contributed by atoms with Gasteiger partial charge in [-0.25, -0.2) is 24.1 Å². The van der Waals surface area contributed by atoms with Crippen LogP contribution in [0.15, 0.2) is 58.0 Å². The van der Waals surface area contributed by atoms with E-state index in [1.807, 2.05) is 24.3 Å². The Morgan fingerprint density at radius 1 is 1.14 bits per heavy atom. The monoisotopic (exact) mass is 596 g/mol. The number of nitrogens with one attached hydrogen (secondary N) is 1. The molecule has 7 rings (SSSR count). The topological polar surface area (TPSA) is 148 Å². The average molecular weight is 597 g/mol. The van der Waals surface area contributed by atoms with Crippen molar-refractivity contribution in [1.82, 2.24) is 34.6 Å². The van der Waals surface area contributed by atoms with Gasteiger partial charge in [0, 0.05) is 41.6 Å². The van der Waals surface area contributed by atoms with E-state index >= 15 is 0 Å². The van der Waals surface area contributed by atoms with Gasteiger partial charge in [0.2, 0.25) is 5.88 Å². The van der Waals surface area contributed by atoms with Crippen molar-refractivity contribution in [2.75, 3.05) is 19.7 Å². The van der Waals surface area contributed by atoms with Crippen LogP contribution in [-0.4, -0.2) is 60.4 Å². The number of aromatic amines is 1. The van der Waals surface area contributed by atoms with Crippen LogP contribution in [0.4, 0.5) is 4.39 Å². The summed E-state index contributed by atoms with van der Waals surface area (Å²) in [7, 11) is 0. The number of benzene rings is 1. The Balaban J connectivity index is 1.02. The average Bonchev–Trinajstić information content (AvgIpc) is 3.61. The van der Waals surface area contributed by atoms with E-state index in [9.17, 15) is 9.18 Å². The number of hydrogen-bond donors (Lipinski definition) is 1. The van der Waals surface area contributed by atoms with Crippen molar-refractivity contribution in [3.05, 3.63) is 87.7 Å². The van der Waals surface area contributed by atoms with Crippen molar-refractivity contribution < 1.29 is 18.4 Å².